The van der Waals surface area contributed by atoms with Gasteiger partial charge in [0.1, 0.15) is 17.4 Å². The average molecular weight is 402 g/mol. The number of alkyl carbamates (subject to hydrolysis) is 1. The lowest BCUT2D eigenvalue weighted by Gasteiger charge is -2.23. The highest BCUT2D eigenvalue weighted by molar-refractivity contribution is 5.69. The summed E-state index contributed by atoms with van der Waals surface area (Å²) in [6.45, 7) is 5.44. The van der Waals surface area contributed by atoms with Crippen LogP contribution in [0.3, 0.4) is 0 Å². The fourth-order valence-electron chi connectivity index (χ4n) is 3.35. The Morgan fingerprint density at radius 3 is 2.55 bits per heavy atom. The lowest BCUT2D eigenvalue weighted by molar-refractivity contribution is 0.0509. The molecule has 2 aromatic rings. The summed E-state index contributed by atoms with van der Waals surface area (Å²) in [6.07, 6.45) is 1.73. The maximum absolute atomic E-state index is 12.5. The van der Waals surface area contributed by atoms with Crippen LogP contribution in [0.15, 0.2) is 28.8 Å². The number of ether oxygens (including phenoxy) is 2. The molecule has 1 heterocycles. The number of carbonyl (C=O) groups excluding carboxylic acids is 1. The van der Waals surface area contributed by atoms with Gasteiger partial charge in [0.25, 0.3) is 0 Å². The zero-order chi connectivity index (χ0) is 21.2. The SMILES string of the molecule is COc1ccccc1C(NC(=O)OC(C)(C)C)c1noc(C(C2CC2)N(C)C)n1. The Morgan fingerprint density at radius 1 is 1.28 bits per heavy atom. The summed E-state index contributed by atoms with van der Waals surface area (Å²) in [5.41, 5.74) is 0.0980. The Balaban J connectivity index is 1.94. The molecule has 0 bridgehead atoms. The second-order valence-corrected chi connectivity index (χ2v) is 8.56. The molecular formula is C21H30N4O4. The van der Waals surface area contributed by atoms with E-state index >= 15 is 0 Å². The van der Waals surface area contributed by atoms with Crippen LogP contribution in [0.4, 0.5) is 4.79 Å². The molecule has 1 aromatic carbocycles. The van der Waals surface area contributed by atoms with Gasteiger partial charge in [-0.15, -0.1) is 0 Å². The maximum atomic E-state index is 12.5. The van der Waals surface area contributed by atoms with Crippen molar-refractivity contribution in [3.63, 3.8) is 0 Å². The summed E-state index contributed by atoms with van der Waals surface area (Å²) in [6, 6.07) is 6.82. The van der Waals surface area contributed by atoms with Crippen LogP contribution in [0.5, 0.6) is 5.75 Å². The van der Waals surface area contributed by atoms with Crippen LogP contribution >= 0.6 is 0 Å². The Morgan fingerprint density at radius 2 is 1.97 bits per heavy atom. The molecular weight excluding hydrogens is 372 g/mol. The fraction of sp³-hybridized carbons (Fsp3) is 0.571. The molecule has 1 amide bonds. The van der Waals surface area contributed by atoms with E-state index < -0.39 is 17.7 Å². The van der Waals surface area contributed by atoms with Gasteiger partial charge in [-0.25, -0.2) is 4.79 Å². The van der Waals surface area contributed by atoms with E-state index in [0.717, 1.165) is 18.4 Å². The van der Waals surface area contributed by atoms with Gasteiger partial charge in [-0.2, -0.15) is 4.98 Å². The van der Waals surface area contributed by atoms with Crippen LogP contribution in [0.25, 0.3) is 0 Å². The zero-order valence-electron chi connectivity index (χ0n) is 17.9. The largest absolute Gasteiger partial charge is 0.496 e. The number of nitrogens with zero attached hydrogens (tertiary/aromatic N) is 3. The predicted molar refractivity (Wildman–Crippen MR) is 108 cm³/mol. The lowest BCUT2D eigenvalue weighted by Crippen LogP contribution is -2.36. The molecule has 0 spiro atoms. The highest BCUT2D eigenvalue weighted by Crippen LogP contribution is 2.43. The molecule has 1 aromatic heterocycles. The number of aromatic nitrogens is 2. The molecule has 29 heavy (non-hydrogen) atoms. The van der Waals surface area contributed by atoms with Crippen LogP contribution in [-0.4, -0.2) is 47.9 Å². The first-order chi connectivity index (χ1) is 13.7. The Labute approximate surface area is 171 Å². The quantitative estimate of drug-likeness (QED) is 0.755. The molecule has 3 rings (SSSR count). The Hall–Kier alpha value is -2.61. The van der Waals surface area contributed by atoms with Crippen LogP contribution in [0, 0.1) is 5.92 Å². The molecule has 2 unspecified atom stereocenters. The van der Waals surface area contributed by atoms with Crippen LogP contribution < -0.4 is 10.1 Å². The summed E-state index contributed by atoms with van der Waals surface area (Å²) in [4.78, 5) is 19.3. The fourth-order valence-corrected chi connectivity index (χ4v) is 3.35. The average Bonchev–Trinajstić information content (AvgIpc) is 3.34. The number of benzene rings is 1. The van der Waals surface area contributed by atoms with E-state index in [4.69, 9.17) is 14.0 Å². The van der Waals surface area contributed by atoms with Crippen molar-refractivity contribution in [3.05, 3.63) is 41.5 Å². The second kappa shape index (κ2) is 8.41. The van der Waals surface area contributed by atoms with Crippen LogP contribution in [0.1, 0.15) is 63.0 Å². The predicted octanol–water partition coefficient (Wildman–Crippen LogP) is 3.71. The first kappa shape index (κ1) is 21.1. The standard InChI is InChI=1S/C21H30N4O4/c1-21(2,3)28-20(26)22-16(14-9-7-8-10-15(14)27-6)18-23-19(29-24-18)17(25(4)5)13-11-12-13/h7-10,13,16-17H,11-12H2,1-6H3,(H,22,26). The number of para-hydroxylation sites is 1. The molecule has 1 aliphatic rings. The second-order valence-electron chi connectivity index (χ2n) is 8.56. The normalized spacial score (nSPS) is 16.4. The third kappa shape index (κ3) is 5.26. The molecule has 1 saturated carbocycles. The van der Waals surface area contributed by atoms with Gasteiger partial charge in [-0.3, -0.25) is 4.90 Å². The van der Waals surface area contributed by atoms with Gasteiger partial charge in [0, 0.05) is 5.56 Å². The van der Waals surface area contributed by atoms with Crippen molar-refractivity contribution in [2.75, 3.05) is 21.2 Å². The van der Waals surface area contributed by atoms with Gasteiger partial charge in [0.2, 0.25) is 5.89 Å². The first-order valence-corrected chi connectivity index (χ1v) is 9.82. The van der Waals surface area contributed by atoms with E-state index in [2.05, 4.69) is 20.4 Å². The molecule has 0 saturated heterocycles. The van der Waals surface area contributed by atoms with Gasteiger partial charge in [-0.05, 0) is 59.7 Å². The minimum Gasteiger partial charge on any atom is -0.496 e. The molecule has 8 nitrogen and oxygen atoms in total. The monoisotopic (exact) mass is 402 g/mol. The summed E-state index contributed by atoms with van der Waals surface area (Å²) in [5.74, 6) is 2.05. The van der Waals surface area contributed by atoms with Crippen LogP contribution in [-0.2, 0) is 4.74 Å². The number of carbonyl (C=O) groups is 1. The number of hydrogen-bond donors (Lipinski definition) is 1. The van der Waals surface area contributed by atoms with Gasteiger partial charge >= 0.3 is 6.09 Å². The van der Waals surface area contributed by atoms with Gasteiger partial charge < -0.3 is 19.3 Å². The minimum absolute atomic E-state index is 0.0658. The van der Waals surface area contributed by atoms with Crippen molar-refractivity contribution >= 4 is 6.09 Å². The molecule has 0 aliphatic heterocycles. The van der Waals surface area contributed by atoms with Crippen molar-refractivity contribution in [1.29, 1.82) is 0 Å². The summed E-state index contributed by atoms with van der Waals surface area (Å²) >= 11 is 0. The van der Waals surface area contributed by atoms with Crippen molar-refractivity contribution in [2.24, 2.45) is 5.92 Å². The van der Waals surface area contributed by atoms with Crippen molar-refractivity contribution < 1.29 is 18.8 Å². The number of methoxy groups -OCH3 is 1. The molecule has 1 aliphatic carbocycles. The molecule has 2 atom stereocenters. The smallest absolute Gasteiger partial charge is 0.408 e. The van der Waals surface area contributed by atoms with Crippen LogP contribution in [0.2, 0.25) is 0 Å². The highest BCUT2D eigenvalue weighted by atomic mass is 16.6. The lowest BCUT2D eigenvalue weighted by atomic mass is 10.0. The summed E-state index contributed by atoms with van der Waals surface area (Å²) in [5, 5.41) is 7.06. The summed E-state index contributed by atoms with van der Waals surface area (Å²) < 4.78 is 16.5. The van der Waals surface area contributed by atoms with E-state index in [-0.39, 0.29) is 6.04 Å². The van der Waals surface area contributed by atoms with Gasteiger partial charge in [0.15, 0.2) is 5.82 Å². The van der Waals surface area contributed by atoms with E-state index in [1.165, 1.54) is 0 Å². The van der Waals surface area contributed by atoms with E-state index in [0.29, 0.717) is 23.4 Å². The highest BCUT2D eigenvalue weighted by Gasteiger charge is 2.38. The molecule has 8 heteroatoms. The number of nitrogens with one attached hydrogen (secondary N) is 1. The Kier molecular flexibility index (Phi) is 6.12. The number of hydrogen-bond acceptors (Lipinski definition) is 7. The van der Waals surface area contributed by atoms with Gasteiger partial charge in [-0.1, -0.05) is 23.4 Å². The van der Waals surface area contributed by atoms with Crippen molar-refractivity contribution in [2.45, 2.75) is 51.3 Å². The topological polar surface area (TPSA) is 89.7 Å². The van der Waals surface area contributed by atoms with Crippen molar-refractivity contribution in [3.8, 4) is 5.75 Å². The molecule has 158 valence electrons. The third-order valence-electron chi connectivity index (χ3n) is 4.70. The minimum atomic E-state index is -0.666. The number of amides is 1. The van der Waals surface area contributed by atoms with E-state index in [9.17, 15) is 4.79 Å². The number of rotatable bonds is 7. The zero-order valence-corrected chi connectivity index (χ0v) is 17.9. The van der Waals surface area contributed by atoms with E-state index in [1.54, 1.807) is 7.11 Å². The molecule has 1 fully saturated rings. The third-order valence-corrected chi connectivity index (χ3v) is 4.70. The summed E-state index contributed by atoms with van der Waals surface area (Å²) in [7, 11) is 5.59. The first-order valence-electron chi connectivity index (χ1n) is 9.82. The van der Waals surface area contributed by atoms with Gasteiger partial charge in [0.05, 0.1) is 13.2 Å². The maximum Gasteiger partial charge on any atom is 0.408 e. The molecule has 0 radical (unpaired) electrons. The van der Waals surface area contributed by atoms with Crippen molar-refractivity contribution in [1.82, 2.24) is 20.4 Å². The Bertz CT molecular complexity index is 837. The molecule has 1 N–H and O–H groups in total. The van der Waals surface area contributed by atoms with E-state index in [1.807, 2.05) is 59.1 Å².